The molecule has 154 valence electrons. The molecule has 1 atom stereocenters. The molecule has 3 N–H and O–H groups in total. The highest BCUT2D eigenvalue weighted by molar-refractivity contribution is 6.42. The third-order valence-corrected chi connectivity index (χ3v) is 6.46. The monoisotopic (exact) mass is 451 g/mol. The summed E-state index contributed by atoms with van der Waals surface area (Å²) in [7, 11) is 0. The Labute approximate surface area is 187 Å². The van der Waals surface area contributed by atoms with Crippen LogP contribution in [-0.2, 0) is 16.8 Å². The number of carbonyl (C=O) groups is 1. The zero-order valence-electron chi connectivity index (χ0n) is 16.2. The summed E-state index contributed by atoms with van der Waals surface area (Å²) < 4.78 is 5.58. The molecule has 0 saturated carbocycles. The number of para-hydroxylation sites is 1. The van der Waals surface area contributed by atoms with Crippen molar-refractivity contribution < 1.29 is 9.53 Å². The second-order valence-electron chi connectivity index (χ2n) is 7.39. The number of aromatic amines is 1. The minimum atomic E-state index is -1.45. The molecule has 0 unspecified atom stereocenters. The Morgan fingerprint density at radius 3 is 2.77 bits per heavy atom. The van der Waals surface area contributed by atoms with Gasteiger partial charge in [-0.2, -0.15) is 5.26 Å². The van der Waals surface area contributed by atoms with Crippen molar-refractivity contribution in [1.29, 1.82) is 5.26 Å². The molecular formula is C22H15Cl2N5O2. The summed E-state index contributed by atoms with van der Waals surface area (Å²) >= 11 is 12.2. The Morgan fingerprint density at radius 2 is 2.03 bits per heavy atom. The fourth-order valence-corrected chi connectivity index (χ4v) is 4.76. The van der Waals surface area contributed by atoms with Crippen LogP contribution in [0.15, 0.2) is 53.9 Å². The van der Waals surface area contributed by atoms with Gasteiger partial charge in [-0.3, -0.25) is 9.89 Å². The molecule has 5 rings (SSSR count). The maximum atomic E-state index is 14.2. The van der Waals surface area contributed by atoms with Gasteiger partial charge >= 0.3 is 0 Å². The second-order valence-corrected chi connectivity index (χ2v) is 8.20. The lowest BCUT2D eigenvalue weighted by molar-refractivity contribution is -0.121. The van der Waals surface area contributed by atoms with Crippen molar-refractivity contribution in [2.24, 2.45) is 5.73 Å². The first-order chi connectivity index (χ1) is 14.9. The van der Waals surface area contributed by atoms with Gasteiger partial charge in [-0.15, -0.1) is 5.10 Å². The number of ether oxygens (including phenoxy) is 1. The number of amides is 1. The minimum Gasteiger partial charge on any atom is -0.420 e. The predicted molar refractivity (Wildman–Crippen MR) is 116 cm³/mol. The first-order valence-corrected chi connectivity index (χ1v) is 10.1. The third kappa shape index (κ3) is 2.52. The number of halogens is 2. The van der Waals surface area contributed by atoms with Gasteiger partial charge in [0, 0.05) is 16.9 Å². The molecule has 1 spiro atoms. The second kappa shape index (κ2) is 6.77. The summed E-state index contributed by atoms with van der Waals surface area (Å²) in [6.07, 6.45) is 0. The number of hydrogen-bond acceptors (Lipinski definition) is 5. The highest BCUT2D eigenvalue weighted by Gasteiger charge is 2.60. The molecule has 0 aliphatic carbocycles. The van der Waals surface area contributed by atoms with Crippen LogP contribution < -0.4 is 15.4 Å². The van der Waals surface area contributed by atoms with Gasteiger partial charge in [0.25, 0.3) is 0 Å². The fraction of sp³-hybridized carbons (Fsp3) is 0.136. The Morgan fingerprint density at radius 1 is 1.26 bits per heavy atom. The number of rotatable bonds is 2. The van der Waals surface area contributed by atoms with E-state index in [2.05, 4.69) is 16.3 Å². The smallest absolute Gasteiger partial charge is 0.248 e. The zero-order valence-corrected chi connectivity index (χ0v) is 17.8. The molecule has 7 nitrogen and oxygen atoms in total. The molecule has 2 aromatic carbocycles. The number of nitrogens with two attached hydrogens (primary N) is 1. The maximum absolute atomic E-state index is 14.2. The van der Waals surface area contributed by atoms with Crippen LogP contribution >= 0.6 is 23.2 Å². The van der Waals surface area contributed by atoms with E-state index in [9.17, 15) is 10.1 Å². The number of fused-ring (bicyclic) bond motifs is 4. The molecule has 9 heteroatoms. The normalized spacial score (nSPS) is 19.3. The van der Waals surface area contributed by atoms with E-state index in [0.717, 1.165) is 5.56 Å². The number of H-pyrrole nitrogens is 1. The summed E-state index contributed by atoms with van der Waals surface area (Å²) in [5, 5.41) is 17.9. The third-order valence-electron chi connectivity index (χ3n) is 5.72. The average molecular weight is 452 g/mol. The standard InChI is InChI=1S/C22H15Cl2N5O2/c1-11-18-20(28-27-11)31-19(26)14(9-25)22(18)13-4-2-3-5-17(13)29(21(22)30)10-12-6-7-15(23)16(24)8-12/h2-8H,10,26H2,1H3,(H,27,28)/t22-/m1/s1. The van der Waals surface area contributed by atoms with Crippen molar-refractivity contribution >= 4 is 34.8 Å². The fourth-order valence-electron chi connectivity index (χ4n) is 4.44. The lowest BCUT2D eigenvalue weighted by Crippen LogP contribution is -2.45. The number of hydrogen-bond donors (Lipinski definition) is 2. The van der Waals surface area contributed by atoms with Gasteiger partial charge in [-0.1, -0.05) is 47.5 Å². The van der Waals surface area contributed by atoms with Crippen LogP contribution in [0.5, 0.6) is 5.88 Å². The molecule has 1 aromatic heterocycles. The molecule has 0 bridgehead atoms. The van der Waals surface area contributed by atoms with Crippen molar-refractivity contribution in [3.8, 4) is 11.9 Å². The minimum absolute atomic E-state index is 0.0404. The number of aromatic nitrogens is 2. The van der Waals surface area contributed by atoms with Gasteiger partial charge in [0.05, 0.1) is 22.2 Å². The number of nitrogens with zero attached hydrogens (tertiary/aromatic N) is 3. The van der Waals surface area contributed by atoms with Crippen molar-refractivity contribution in [1.82, 2.24) is 10.2 Å². The van der Waals surface area contributed by atoms with E-state index in [4.69, 9.17) is 33.7 Å². The van der Waals surface area contributed by atoms with Crippen molar-refractivity contribution in [3.05, 3.63) is 86.4 Å². The lowest BCUT2D eigenvalue weighted by Gasteiger charge is -2.32. The maximum Gasteiger partial charge on any atom is 0.248 e. The van der Waals surface area contributed by atoms with Crippen LogP contribution in [0, 0.1) is 18.3 Å². The summed E-state index contributed by atoms with van der Waals surface area (Å²) in [4.78, 5) is 15.8. The lowest BCUT2D eigenvalue weighted by atomic mass is 9.69. The van der Waals surface area contributed by atoms with Crippen LogP contribution in [0.3, 0.4) is 0 Å². The molecule has 2 aliphatic rings. The van der Waals surface area contributed by atoms with Crippen LogP contribution in [0.2, 0.25) is 10.0 Å². The first kappa shape index (κ1) is 19.5. The van der Waals surface area contributed by atoms with Gasteiger partial charge in [-0.05, 0) is 30.7 Å². The molecule has 3 heterocycles. The molecule has 3 aromatic rings. The highest BCUT2D eigenvalue weighted by Crippen LogP contribution is 2.55. The first-order valence-electron chi connectivity index (χ1n) is 9.38. The van der Waals surface area contributed by atoms with E-state index in [1.54, 1.807) is 24.0 Å². The Balaban J connectivity index is 1.76. The molecule has 0 radical (unpaired) electrons. The Kier molecular flexibility index (Phi) is 4.26. The molecule has 1 amide bonds. The van der Waals surface area contributed by atoms with Crippen LogP contribution in [0.4, 0.5) is 5.69 Å². The van der Waals surface area contributed by atoms with E-state index >= 15 is 0 Å². The molecule has 0 saturated heterocycles. The van der Waals surface area contributed by atoms with E-state index in [0.29, 0.717) is 32.6 Å². The predicted octanol–water partition coefficient (Wildman–Crippen LogP) is 3.94. The van der Waals surface area contributed by atoms with Gasteiger partial charge in [-0.25, -0.2) is 0 Å². The average Bonchev–Trinajstić information content (AvgIpc) is 3.23. The van der Waals surface area contributed by atoms with Crippen LogP contribution in [0.25, 0.3) is 0 Å². The SMILES string of the molecule is Cc1[nH]nc2c1[C@]1(C(=O)N(Cc3ccc(Cl)c(Cl)c3)c3ccccc31)C(C#N)=C(N)O2. The molecule has 0 fully saturated rings. The largest absolute Gasteiger partial charge is 0.420 e. The summed E-state index contributed by atoms with van der Waals surface area (Å²) in [5.41, 5.74) is 7.92. The van der Waals surface area contributed by atoms with Gasteiger partial charge in [0.2, 0.25) is 17.7 Å². The Bertz CT molecular complexity index is 1340. The van der Waals surface area contributed by atoms with Crippen LogP contribution in [0.1, 0.15) is 22.4 Å². The highest BCUT2D eigenvalue weighted by atomic mass is 35.5. The molecule has 31 heavy (non-hydrogen) atoms. The van der Waals surface area contributed by atoms with Crippen molar-refractivity contribution in [3.63, 3.8) is 0 Å². The molecular weight excluding hydrogens is 437 g/mol. The topological polar surface area (TPSA) is 108 Å². The van der Waals surface area contributed by atoms with Crippen molar-refractivity contribution in [2.45, 2.75) is 18.9 Å². The summed E-state index contributed by atoms with van der Waals surface area (Å²) in [6.45, 7) is 2.02. The number of nitriles is 1. The van der Waals surface area contributed by atoms with Gasteiger partial charge in [0.1, 0.15) is 17.1 Å². The summed E-state index contributed by atoms with van der Waals surface area (Å²) in [6, 6.07) is 14.7. The van der Waals surface area contributed by atoms with Crippen molar-refractivity contribution in [2.75, 3.05) is 4.90 Å². The number of aryl methyl sites for hydroxylation is 1. The Hall–Kier alpha value is -3.47. The van der Waals surface area contributed by atoms with E-state index in [1.807, 2.05) is 30.3 Å². The zero-order chi connectivity index (χ0) is 21.9. The van der Waals surface area contributed by atoms with Crippen LogP contribution in [-0.4, -0.2) is 16.1 Å². The van der Waals surface area contributed by atoms with E-state index in [-0.39, 0.29) is 29.8 Å². The number of benzene rings is 2. The number of nitrogens with one attached hydrogen (secondary N) is 1. The number of anilines is 1. The van der Waals surface area contributed by atoms with Gasteiger partial charge < -0.3 is 15.4 Å². The number of carbonyl (C=O) groups excluding carboxylic acids is 1. The van der Waals surface area contributed by atoms with Gasteiger partial charge in [0.15, 0.2) is 0 Å². The molecule has 2 aliphatic heterocycles. The summed E-state index contributed by atoms with van der Waals surface area (Å²) in [5.74, 6) is -0.261. The quantitative estimate of drug-likeness (QED) is 0.613. The van der Waals surface area contributed by atoms with E-state index < -0.39 is 5.41 Å². The van der Waals surface area contributed by atoms with E-state index in [1.165, 1.54) is 0 Å².